The molecule has 3 N–H and O–H groups in total. The van der Waals surface area contributed by atoms with Crippen molar-refractivity contribution in [2.45, 2.75) is 26.2 Å². The molecule has 1 atom stereocenters. The molecule has 0 spiro atoms. The van der Waals surface area contributed by atoms with Crippen LogP contribution in [0.4, 0.5) is 4.39 Å². The molecule has 0 aliphatic carbocycles. The molecule has 0 fully saturated rings. The lowest BCUT2D eigenvalue weighted by atomic mass is 10.2. The molecule has 0 amide bonds. The lowest BCUT2D eigenvalue weighted by Gasteiger charge is -2.15. The smallest absolute Gasteiger partial charge is 0.191 e. The van der Waals surface area contributed by atoms with Gasteiger partial charge in [0.05, 0.1) is 25.9 Å². The van der Waals surface area contributed by atoms with E-state index in [2.05, 4.69) is 15.6 Å². The summed E-state index contributed by atoms with van der Waals surface area (Å²) in [4.78, 5) is 4.40. The summed E-state index contributed by atoms with van der Waals surface area (Å²) in [5.41, 5.74) is 1.85. The van der Waals surface area contributed by atoms with Crippen LogP contribution in [-0.4, -0.2) is 36.9 Å². The van der Waals surface area contributed by atoms with Crippen LogP contribution >= 0.6 is 0 Å². The van der Waals surface area contributed by atoms with Gasteiger partial charge in [0, 0.05) is 13.1 Å². The molecule has 0 aromatic heterocycles. The average Bonchev–Trinajstić information content (AvgIpc) is 2.65. The fourth-order valence-corrected chi connectivity index (χ4v) is 2.31. The molecule has 6 heteroatoms. The number of hydrogen-bond donors (Lipinski definition) is 3. The molecule has 0 heterocycles. The first-order valence-electron chi connectivity index (χ1n) is 8.73. The van der Waals surface area contributed by atoms with Crippen LogP contribution in [0.1, 0.15) is 18.1 Å². The van der Waals surface area contributed by atoms with E-state index in [9.17, 15) is 9.50 Å². The van der Waals surface area contributed by atoms with E-state index in [4.69, 9.17) is 4.74 Å². The van der Waals surface area contributed by atoms with Gasteiger partial charge >= 0.3 is 0 Å². The second-order valence-corrected chi connectivity index (χ2v) is 5.86. The molecular weight excluding hydrogens is 333 g/mol. The summed E-state index contributed by atoms with van der Waals surface area (Å²) in [5, 5.41) is 16.2. The number of rotatable bonds is 9. The van der Waals surface area contributed by atoms with Crippen molar-refractivity contribution in [3.63, 3.8) is 0 Å². The first-order chi connectivity index (χ1) is 12.7. The second-order valence-electron chi connectivity index (χ2n) is 5.86. The Kier molecular flexibility index (Phi) is 8.59. The number of halogens is 1. The molecule has 140 valence electrons. The van der Waals surface area contributed by atoms with Gasteiger partial charge in [-0.05, 0) is 30.2 Å². The van der Waals surface area contributed by atoms with Crippen molar-refractivity contribution in [2.24, 2.45) is 4.99 Å². The summed E-state index contributed by atoms with van der Waals surface area (Å²) in [5.74, 6) is 0.292. The van der Waals surface area contributed by atoms with E-state index in [1.165, 1.54) is 12.1 Å². The largest absolute Gasteiger partial charge is 0.389 e. The van der Waals surface area contributed by atoms with Crippen LogP contribution in [0.25, 0.3) is 0 Å². The molecule has 0 bridgehead atoms. The molecule has 5 nitrogen and oxygen atoms in total. The molecule has 0 radical (unpaired) electrons. The summed E-state index contributed by atoms with van der Waals surface area (Å²) in [6.07, 6.45) is -0.656. The topological polar surface area (TPSA) is 65.9 Å². The van der Waals surface area contributed by atoms with E-state index in [-0.39, 0.29) is 12.4 Å². The predicted octanol–water partition coefficient (Wildman–Crippen LogP) is 2.46. The van der Waals surface area contributed by atoms with Gasteiger partial charge in [0.15, 0.2) is 5.96 Å². The number of hydrogen-bond acceptors (Lipinski definition) is 3. The van der Waals surface area contributed by atoms with Crippen molar-refractivity contribution in [1.82, 2.24) is 10.6 Å². The van der Waals surface area contributed by atoms with E-state index in [0.29, 0.717) is 32.2 Å². The van der Waals surface area contributed by atoms with Gasteiger partial charge in [-0.1, -0.05) is 42.5 Å². The van der Waals surface area contributed by atoms with E-state index >= 15 is 0 Å². The fourth-order valence-electron chi connectivity index (χ4n) is 2.31. The van der Waals surface area contributed by atoms with Gasteiger partial charge in [0.2, 0.25) is 0 Å². The number of aliphatic hydroxyl groups excluding tert-OH is 1. The number of ether oxygens (including phenoxy) is 1. The van der Waals surface area contributed by atoms with Crippen molar-refractivity contribution < 1.29 is 14.2 Å². The van der Waals surface area contributed by atoms with Crippen LogP contribution in [-0.2, 0) is 17.9 Å². The van der Waals surface area contributed by atoms with Crippen LogP contribution in [0.5, 0.6) is 0 Å². The standard InChI is InChI=1S/C20H26FN3O2/c1-2-22-20(23-12-17-9-6-10-18(21)11-17)24-13-19(25)15-26-14-16-7-4-3-5-8-16/h3-11,19,25H,2,12-15H2,1H3,(H2,22,23,24). The average molecular weight is 359 g/mol. The quantitative estimate of drug-likeness (QED) is 0.475. The lowest BCUT2D eigenvalue weighted by molar-refractivity contribution is 0.0308. The molecule has 1 unspecified atom stereocenters. The van der Waals surface area contributed by atoms with E-state index in [0.717, 1.165) is 11.1 Å². The van der Waals surface area contributed by atoms with Gasteiger partial charge in [-0.2, -0.15) is 0 Å². The molecule has 26 heavy (non-hydrogen) atoms. The highest BCUT2D eigenvalue weighted by molar-refractivity contribution is 5.79. The van der Waals surface area contributed by atoms with Gasteiger partial charge in [-0.25, -0.2) is 9.38 Å². The van der Waals surface area contributed by atoms with Crippen molar-refractivity contribution >= 4 is 5.96 Å². The number of benzene rings is 2. The van der Waals surface area contributed by atoms with Gasteiger partial charge in [-0.15, -0.1) is 0 Å². The maximum Gasteiger partial charge on any atom is 0.191 e. The van der Waals surface area contributed by atoms with Gasteiger partial charge in [0.25, 0.3) is 0 Å². The zero-order valence-corrected chi connectivity index (χ0v) is 15.0. The van der Waals surface area contributed by atoms with Gasteiger partial charge < -0.3 is 20.5 Å². The van der Waals surface area contributed by atoms with Crippen molar-refractivity contribution in [1.29, 1.82) is 0 Å². The Morgan fingerprint density at radius 3 is 2.62 bits per heavy atom. The third kappa shape index (κ3) is 7.63. The molecule has 2 aromatic rings. The molecule has 2 rings (SSSR count). The molecule has 2 aromatic carbocycles. The van der Waals surface area contributed by atoms with E-state index < -0.39 is 6.10 Å². The summed E-state index contributed by atoms with van der Waals surface area (Å²) < 4.78 is 18.7. The highest BCUT2D eigenvalue weighted by Gasteiger charge is 2.06. The fraction of sp³-hybridized carbons (Fsp3) is 0.350. The lowest BCUT2D eigenvalue weighted by Crippen LogP contribution is -2.42. The Bertz CT molecular complexity index is 680. The van der Waals surface area contributed by atoms with Crippen molar-refractivity contribution in [3.05, 3.63) is 71.5 Å². The number of nitrogens with zero attached hydrogens (tertiary/aromatic N) is 1. The maximum absolute atomic E-state index is 13.2. The second kappa shape index (κ2) is 11.2. The Morgan fingerprint density at radius 1 is 1.12 bits per heavy atom. The molecule has 0 aliphatic rings. The number of nitrogens with one attached hydrogen (secondary N) is 2. The Hall–Kier alpha value is -2.44. The van der Waals surface area contributed by atoms with Gasteiger partial charge in [-0.3, -0.25) is 0 Å². The van der Waals surface area contributed by atoms with Crippen LogP contribution in [0.2, 0.25) is 0 Å². The third-order valence-electron chi connectivity index (χ3n) is 3.58. The molecule has 0 aliphatic heterocycles. The number of aliphatic imine (C=N–C) groups is 1. The monoisotopic (exact) mass is 359 g/mol. The predicted molar refractivity (Wildman–Crippen MR) is 101 cm³/mol. The minimum absolute atomic E-state index is 0.227. The SMILES string of the molecule is CCNC(=NCc1cccc(F)c1)NCC(O)COCc1ccccc1. The number of aliphatic hydroxyl groups is 1. The van der Waals surface area contributed by atoms with Gasteiger partial charge in [0.1, 0.15) is 5.82 Å². The van der Waals surface area contributed by atoms with E-state index in [1.807, 2.05) is 43.3 Å². The summed E-state index contributed by atoms with van der Waals surface area (Å²) >= 11 is 0. The normalized spacial score (nSPS) is 12.7. The minimum Gasteiger partial charge on any atom is -0.389 e. The maximum atomic E-state index is 13.2. The zero-order chi connectivity index (χ0) is 18.6. The van der Waals surface area contributed by atoms with E-state index in [1.54, 1.807) is 6.07 Å². The summed E-state index contributed by atoms with van der Waals surface area (Å²) in [6.45, 7) is 4.00. The first kappa shape index (κ1) is 19.9. The Morgan fingerprint density at radius 2 is 1.88 bits per heavy atom. The minimum atomic E-state index is -0.656. The van der Waals surface area contributed by atoms with Crippen LogP contribution in [0, 0.1) is 5.82 Å². The van der Waals surface area contributed by atoms with Crippen LogP contribution in [0.15, 0.2) is 59.6 Å². The summed E-state index contributed by atoms with van der Waals surface area (Å²) in [7, 11) is 0. The highest BCUT2D eigenvalue weighted by atomic mass is 19.1. The Balaban J connectivity index is 1.74. The van der Waals surface area contributed by atoms with Crippen LogP contribution in [0.3, 0.4) is 0 Å². The number of guanidine groups is 1. The third-order valence-corrected chi connectivity index (χ3v) is 3.58. The molecule has 0 saturated carbocycles. The first-order valence-corrected chi connectivity index (χ1v) is 8.73. The van der Waals surface area contributed by atoms with Crippen molar-refractivity contribution in [2.75, 3.05) is 19.7 Å². The molecule has 0 saturated heterocycles. The summed E-state index contributed by atoms with van der Waals surface area (Å²) in [6, 6.07) is 16.2. The Labute approximate surface area is 153 Å². The van der Waals surface area contributed by atoms with Crippen LogP contribution < -0.4 is 10.6 Å². The van der Waals surface area contributed by atoms with Crippen molar-refractivity contribution in [3.8, 4) is 0 Å². The zero-order valence-electron chi connectivity index (χ0n) is 15.0. The highest BCUT2D eigenvalue weighted by Crippen LogP contribution is 2.04. The molecular formula is C20H26FN3O2.